The molecule has 22 heavy (non-hydrogen) atoms. The molecule has 0 aliphatic rings. The van der Waals surface area contributed by atoms with Crippen molar-refractivity contribution in [2.45, 2.75) is 26.9 Å². The van der Waals surface area contributed by atoms with Crippen molar-refractivity contribution in [1.82, 2.24) is 0 Å². The van der Waals surface area contributed by atoms with E-state index in [4.69, 9.17) is 4.74 Å². The third-order valence-corrected chi connectivity index (χ3v) is 3.30. The van der Waals surface area contributed by atoms with Crippen molar-refractivity contribution in [3.8, 4) is 5.75 Å². The minimum absolute atomic E-state index is 0.0414. The lowest BCUT2D eigenvalue weighted by molar-refractivity contribution is -0.122. The molecule has 0 heterocycles. The zero-order chi connectivity index (χ0) is 16.1. The van der Waals surface area contributed by atoms with E-state index in [1.165, 1.54) is 6.92 Å². The third-order valence-electron chi connectivity index (χ3n) is 3.30. The first-order chi connectivity index (χ1) is 10.5. The highest BCUT2D eigenvalue weighted by Crippen LogP contribution is 2.18. The molecule has 0 spiro atoms. The Hall–Kier alpha value is -2.62. The Bertz CT molecular complexity index is 694. The number of anilines is 1. The molecule has 4 heteroatoms. The molecular weight excluding hydrogens is 278 g/mol. The Morgan fingerprint density at radius 1 is 1.09 bits per heavy atom. The van der Waals surface area contributed by atoms with Crippen molar-refractivity contribution in [2.75, 3.05) is 5.32 Å². The van der Waals surface area contributed by atoms with Crippen LogP contribution in [0, 0.1) is 6.92 Å². The number of nitrogens with one attached hydrogen (secondary N) is 1. The number of carbonyl (C=O) groups excluding carboxylic acids is 2. The number of ether oxygens (including phenoxy) is 1. The summed E-state index contributed by atoms with van der Waals surface area (Å²) in [6.45, 7) is 5.11. The maximum Gasteiger partial charge on any atom is 0.265 e. The fourth-order valence-corrected chi connectivity index (χ4v) is 1.99. The monoisotopic (exact) mass is 297 g/mol. The number of rotatable bonds is 5. The van der Waals surface area contributed by atoms with Gasteiger partial charge in [0, 0.05) is 11.3 Å². The minimum atomic E-state index is -0.637. The number of hydrogen-bond donors (Lipinski definition) is 1. The lowest BCUT2D eigenvalue weighted by Gasteiger charge is -2.16. The Labute approximate surface area is 130 Å². The molecule has 0 unspecified atom stereocenters. The molecule has 2 aromatic carbocycles. The van der Waals surface area contributed by atoms with Crippen LogP contribution in [-0.2, 0) is 4.79 Å². The van der Waals surface area contributed by atoms with Gasteiger partial charge in [0.25, 0.3) is 5.91 Å². The van der Waals surface area contributed by atoms with Crippen molar-refractivity contribution >= 4 is 17.4 Å². The van der Waals surface area contributed by atoms with Crippen molar-refractivity contribution in [3.05, 3.63) is 59.7 Å². The predicted molar refractivity (Wildman–Crippen MR) is 86.3 cm³/mol. The van der Waals surface area contributed by atoms with Gasteiger partial charge in [-0.25, -0.2) is 0 Å². The van der Waals surface area contributed by atoms with Crippen LogP contribution in [0.1, 0.15) is 29.8 Å². The van der Waals surface area contributed by atoms with Crippen LogP contribution in [0.5, 0.6) is 5.75 Å². The van der Waals surface area contributed by atoms with Crippen LogP contribution in [-0.4, -0.2) is 17.8 Å². The van der Waals surface area contributed by atoms with Crippen LogP contribution in [0.3, 0.4) is 0 Å². The van der Waals surface area contributed by atoms with E-state index >= 15 is 0 Å². The molecule has 0 saturated heterocycles. The van der Waals surface area contributed by atoms with Gasteiger partial charge in [-0.3, -0.25) is 9.59 Å². The van der Waals surface area contributed by atoms with Crippen LogP contribution >= 0.6 is 0 Å². The zero-order valence-corrected chi connectivity index (χ0v) is 12.9. The summed E-state index contributed by atoms with van der Waals surface area (Å²) in [5.41, 5.74) is 2.11. The fraction of sp³-hybridized carbons (Fsp3) is 0.222. The summed E-state index contributed by atoms with van der Waals surface area (Å²) in [5.74, 6) is 0.381. The first-order valence-electron chi connectivity index (χ1n) is 7.11. The van der Waals surface area contributed by atoms with Gasteiger partial charge in [0.2, 0.25) is 0 Å². The topological polar surface area (TPSA) is 55.4 Å². The summed E-state index contributed by atoms with van der Waals surface area (Å²) in [6, 6.07) is 14.4. The van der Waals surface area contributed by atoms with E-state index in [0.29, 0.717) is 17.0 Å². The van der Waals surface area contributed by atoms with Crippen LogP contribution in [0.25, 0.3) is 0 Å². The molecule has 4 nitrogen and oxygen atoms in total. The number of carbonyl (C=O) groups is 2. The second-order valence-corrected chi connectivity index (χ2v) is 5.15. The smallest absolute Gasteiger partial charge is 0.265 e. The SMILES string of the molecule is CC(=O)c1cccc(NC(=O)[C@H](C)Oc2ccccc2C)c1. The summed E-state index contributed by atoms with van der Waals surface area (Å²) < 4.78 is 5.68. The normalized spacial score (nSPS) is 11.6. The highest BCUT2D eigenvalue weighted by Gasteiger charge is 2.16. The van der Waals surface area contributed by atoms with Crippen LogP contribution in [0.4, 0.5) is 5.69 Å². The second-order valence-electron chi connectivity index (χ2n) is 5.15. The van der Waals surface area contributed by atoms with Crippen LogP contribution in [0.15, 0.2) is 48.5 Å². The summed E-state index contributed by atoms with van der Waals surface area (Å²) in [6.07, 6.45) is -0.637. The molecule has 0 saturated carbocycles. The Kier molecular flexibility index (Phi) is 4.94. The van der Waals surface area contributed by atoms with E-state index in [-0.39, 0.29) is 11.7 Å². The molecule has 0 radical (unpaired) electrons. The van der Waals surface area contributed by atoms with Gasteiger partial charge in [0.05, 0.1) is 0 Å². The molecule has 0 bridgehead atoms. The Morgan fingerprint density at radius 2 is 1.82 bits per heavy atom. The van der Waals surface area contributed by atoms with E-state index in [9.17, 15) is 9.59 Å². The fourth-order valence-electron chi connectivity index (χ4n) is 1.99. The number of aryl methyl sites for hydroxylation is 1. The molecule has 0 fully saturated rings. The molecule has 1 atom stereocenters. The zero-order valence-electron chi connectivity index (χ0n) is 12.9. The molecule has 0 aromatic heterocycles. The standard InChI is InChI=1S/C18H19NO3/c1-12-7-4-5-10-17(12)22-14(3)18(21)19-16-9-6-8-15(11-16)13(2)20/h4-11,14H,1-3H3,(H,19,21)/t14-/m0/s1. The molecule has 114 valence electrons. The highest BCUT2D eigenvalue weighted by atomic mass is 16.5. The predicted octanol–water partition coefficient (Wildman–Crippen LogP) is 3.60. The maximum atomic E-state index is 12.2. The number of Topliss-reactive ketones (excluding diaryl/α,β-unsaturated/α-hetero) is 1. The van der Waals surface area contributed by atoms with Gasteiger partial charge < -0.3 is 10.1 Å². The van der Waals surface area contributed by atoms with Crippen LogP contribution < -0.4 is 10.1 Å². The average Bonchev–Trinajstić information content (AvgIpc) is 2.49. The molecular formula is C18H19NO3. The molecule has 2 aromatic rings. The van der Waals surface area contributed by atoms with Crippen molar-refractivity contribution in [3.63, 3.8) is 0 Å². The quantitative estimate of drug-likeness (QED) is 0.858. The number of hydrogen-bond acceptors (Lipinski definition) is 3. The van der Waals surface area contributed by atoms with Crippen molar-refractivity contribution in [2.24, 2.45) is 0 Å². The lowest BCUT2D eigenvalue weighted by atomic mass is 10.1. The van der Waals surface area contributed by atoms with Crippen molar-refractivity contribution < 1.29 is 14.3 Å². The van der Waals surface area contributed by atoms with E-state index in [1.807, 2.05) is 31.2 Å². The van der Waals surface area contributed by atoms with Gasteiger partial charge in [-0.15, -0.1) is 0 Å². The molecule has 0 aliphatic heterocycles. The molecule has 2 rings (SSSR count). The van der Waals surface area contributed by atoms with Gasteiger partial charge in [-0.1, -0.05) is 30.3 Å². The molecule has 1 amide bonds. The summed E-state index contributed by atoms with van der Waals surface area (Å²) in [7, 11) is 0. The molecule has 1 N–H and O–H groups in total. The number of ketones is 1. The summed E-state index contributed by atoms with van der Waals surface area (Å²) >= 11 is 0. The summed E-state index contributed by atoms with van der Waals surface area (Å²) in [5, 5.41) is 2.76. The van der Waals surface area contributed by atoms with E-state index in [2.05, 4.69) is 5.32 Å². The van der Waals surface area contributed by atoms with E-state index in [0.717, 1.165) is 5.56 Å². The maximum absolute atomic E-state index is 12.2. The average molecular weight is 297 g/mol. The van der Waals surface area contributed by atoms with Crippen LogP contribution in [0.2, 0.25) is 0 Å². The number of para-hydroxylation sites is 1. The lowest BCUT2D eigenvalue weighted by Crippen LogP contribution is -2.30. The first-order valence-corrected chi connectivity index (χ1v) is 7.11. The largest absolute Gasteiger partial charge is 0.481 e. The van der Waals surface area contributed by atoms with E-state index < -0.39 is 6.10 Å². The van der Waals surface area contributed by atoms with Gasteiger partial charge in [-0.2, -0.15) is 0 Å². The van der Waals surface area contributed by atoms with Gasteiger partial charge >= 0.3 is 0 Å². The van der Waals surface area contributed by atoms with E-state index in [1.54, 1.807) is 31.2 Å². The van der Waals surface area contributed by atoms with Crippen molar-refractivity contribution in [1.29, 1.82) is 0 Å². The second kappa shape index (κ2) is 6.89. The Morgan fingerprint density at radius 3 is 2.50 bits per heavy atom. The van der Waals surface area contributed by atoms with Gasteiger partial charge in [-0.05, 0) is 44.5 Å². The third kappa shape index (κ3) is 3.95. The first kappa shape index (κ1) is 15.8. The molecule has 0 aliphatic carbocycles. The highest BCUT2D eigenvalue weighted by molar-refractivity contribution is 5.98. The number of benzene rings is 2. The Balaban J connectivity index is 2.04. The minimum Gasteiger partial charge on any atom is -0.481 e. The summed E-state index contributed by atoms with van der Waals surface area (Å²) in [4.78, 5) is 23.5. The van der Waals surface area contributed by atoms with Gasteiger partial charge in [0.15, 0.2) is 11.9 Å². The van der Waals surface area contributed by atoms with Gasteiger partial charge in [0.1, 0.15) is 5.75 Å². The number of amides is 1.